The van der Waals surface area contributed by atoms with Crippen LogP contribution in [-0.2, 0) is 24.6 Å². The molecule has 2 aliphatic carbocycles. The average molecular weight is 703 g/mol. The number of carboxylic acids is 1. The highest BCUT2D eigenvalue weighted by Crippen LogP contribution is 2.64. The van der Waals surface area contributed by atoms with E-state index in [2.05, 4.69) is 0 Å². The molecule has 3 N–H and O–H groups in total. The number of rotatable bonds is 5. The lowest BCUT2D eigenvalue weighted by atomic mass is 9.49. The Morgan fingerprint density at radius 3 is 2.22 bits per heavy atom. The highest BCUT2D eigenvalue weighted by atomic mass is 35.5. The van der Waals surface area contributed by atoms with E-state index in [0.717, 1.165) is 22.6 Å². The van der Waals surface area contributed by atoms with Crippen LogP contribution in [0, 0.1) is 30.6 Å². The van der Waals surface area contributed by atoms with Crippen LogP contribution in [0.5, 0.6) is 11.5 Å². The molecule has 3 fully saturated rings. The fraction of sp³-hybridized carbons (Fsp3) is 0.225. The third-order valence-electron chi connectivity index (χ3n) is 11.2. The lowest BCUT2D eigenvalue weighted by Crippen LogP contribution is -2.53. The summed E-state index contributed by atoms with van der Waals surface area (Å²) in [5, 5.41) is 30.7. The monoisotopic (exact) mass is 702 g/mol. The zero-order valence-electron chi connectivity index (χ0n) is 27.2. The molecule has 4 aromatic rings. The summed E-state index contributed by atoms with van der Waals surface area (Å²) in [5.41, 5.74) is 1.15. The minimum absolute atomic E-state index is 0.0443. The van der Waals surface area contributed by atoms with Crippen LogP contribution in [0.3, 0.4) is 0 Å². The van der Waals surface area contributed by atoms with Gasteiger partial charge in [0.15, 0.2) is 0 Å². The van der Waals surface area contributed by atoms with E-state index in [4.69, 9.17) is 11.6 Å². The Hall–Kier alpha value is -5.74. The molecular formula is C40H31ClN2O8. The van der Waals surface area contributed by atoms with Crippen molar-refractivity contribution < 1.29 is 39.3 Å². The molecule has 0 radical (unpaired) electrons. The summed E-state index contributed by atoms with van der Waals surface area (Å²) < 4.78 is 0. The number of carbonyl (C=O) groups is 5. The summed E-state index contributed by atoms with van der Waals surface area (Å²) in [6, 6.07) is 24.3. The van der Waals surface area contributed by atoms with Crippen LogP contribution in [0.4, 0.5) is 11.4 Å². The minimum atomic E-state index is -1.46. The highest BCUT2D eigenvalue weighted by Gasteiger charge is 2.70. The number of carbonyl (C=O) groups excluding carboxylic acids is 4. The van der Waals surface area contributed by atoms with E-state index in [-0.39, 0.29) is 29.8 Å². The van der Waals surface area contributed by atoms with Gasteiger partial charge in [0.2, 0.25) is 23.6 Å². The SMILES string of the molecule is Cc1cc([C@H]2C3=CC[C@@H]4C(=O)N(c5ccc(C(=O)O)c(O)c5)C(=O)[C@@H]4[C@@H]3C[C@H]3C(=O)N(c4cccc(Cl)c4)C(=O)[C@@]23c2ccccc2)ccc1O. The van der Waals surface area contributed by atoms with Gasteiger partial charge < -0.3 is 15.3 Å². The third-order valence-corrected chi connectivity index (χ3v) is 11.4. The molecule has 8 rings (SSSR count). The van der Waals surface area contributed by atoms with E-state index in [9.17, 15) is 34.5 Å². The van der Waals surface area contributed by atoms with Gasteiger partial charge >= 0.3 is 5.97 Å². The van der Waals surface area contributed by atoms with Crippen molar-refractivity contribution in [1.82, 2.24) is 0 Å². The predicted molar refractivity (Wildman–Crippen MR) is 186 cm³/mol. The van der Waals surface area contributed by atoms with E-state index in [1.807, 2.05) is 36.4 Å². The number of amides is 4. The molecule has 6 atom stereocenters. The van der Waals surface area contributed by atoms with Gasteiger partial charge in [-0.05, 0) is 78.8 Å². The van der Waals surface area contributed by atoms with Crippen molar-refractivity contribution in [2.24, 2.45) is 23.7 Å². The number of allylic oxidation sites excluding steroid dienone is 2. The largest absolute Gasteiger partial charge is 0.508 e. The topological polar surface area (TPSA) is 153 Å². The van der Waals surface area contributed by atoms with Gasteiger partial charge in [0.05, 0.1) is 34.5 Å². The fourth-order valence-corrected chi connectivity index (χ4v) is 9.26. The highest BCUT2D eigenvalue weighted by molar-refractivity contribution is 6.32. The Kier molecular flexibility index (Phi) is 7.43. The van der Waals surface area contributed by atoms with Gasteiger partial charge in [0, 0.05) is 17.0 Å². The quantitative estimate of drug-likeness (QED) is 0.166. The molecule has 1 saturated carbocycles. The molecule has 4 aliphatic rings. The summed E-state index contributed by atoms with van der Waals surface area (Å²) in [4.78, 5) is 72.3. The number of aromatic carboxylic acids is 1. The van der Waals surface area contributed by atoms with E-state index < -0.39 is 70.4 Å². The van der Waals surface area contributed by atoms with Gasteiger partial charge in [0.1, 0.15) is 17.1 Å². The smallest absolute Gasteiger partial charge is 0.339 e. The van der Waals surface area contributed by atoms with Crippen molar-refractivity contribution in [3.63, 3.8) is 0 Å². The fourth-order valence-electron chi connectivity index (χ4n) is 9.07. The molecule has 4 amide bonds. The summed E-state index contributed by atoms with van der Waals surface area (Å²) in [5.74, 6) is -7.81. The van der Waals surface area contributed by atoms with Crippen molar-refractivity contribution in [3.8, 4) is 11.5 Å². The van der Waals surface area contributed by atoms with Crippen LogP contribution in [0.1, 0.15) is 45.8 Å². The molecule has 0 aromatic heterocycles. The van der Waals surface area contributed by atoms with Gasteiger partial charge in [-0.25, -0.2) is 14.6 Å². The van der Waals surface area contributed by atoms with Gasteiger partial charge in [0.25, 0.3) is 0 Å². The number of nitrogens with zero attached hydrogens (tertiary/aromatic N) is 2. The summed E-state index contributed by atoms with van der Waals surface area (Å²) in [6.45, 7) is 1.75. The normalized spacial score (nSPS) is 26.9. The molecule has 0 spiro atoms. The lowest BCUT2D eigenvalue weighted by Gasteiger charge is -2.50. The number of hydrogen-bond donors (Lipinski definition) is 3. The van der Waals surface area contributed by atoms with Crippen LogP contribution >= 0.6 is 11.6 Å². The van der Waals surface area contributed by atoms with Crippen molar-refractivity contribution in [2.75, 3.05) is 9.80 Å². The van der Waals surface area contributed by atoms with E-state index in [1.165, 1.54) is 11.0 Å². The number of benzene rings is 4. The van der Waals surface area contributed by atoms with Gasteiger partial charge in [-0.15, -0.1) is 0 Å². The summed E-state index contributed by atoms with van der Waals surface area (Å²) in [6.07, 6.45) is 2.20. The molecule has 10 nitrogen and oxygen atoms in total. The molecule has 256 valence electrons. The van der Waals surface area contributed by atoms with Crippen LogP contribution in [0.2, 0.25) is 5.02 Å². The molecule has 11 heteroatoms. The number of carboxylic acid groups (broad SMARTS) is 1. The molecule has 4 aromatic carbocycles. The molecule has 0 unspecified atom stereocenters. The predicted octanol–water partition coefficient (Wildman–Crippen LogP) is 6.12. The molecular weight excluding hydrogens is 672 g/mol. The number of hydrogen-bond acceptors (Lipinski definition) is 7. The Labute approximate surface area is 297 Å². The maximum absolute atomic E-state index is 15.3. The molecule has 2 saturated heterocycles. The Balaban J connectivity index is 1.33. The molecule has 2 heterocycles. The van der Waals surface area contributed by atoms with Crippen LogP contribution in [0.25, 0.3) is 0 Å². The standard InChI is InChI=1S/C40H31ClN2O8/c1-20-16-21(10-15-31(20)44)34-26-13-14-28-33(37(48)42(35(28)46)25-11-12-27(38(49)50)32(45)18-25)29(26)19-30-36(47)43(24-9-5-8-23(41)17-24)39(51)40(30,34)22-6-3-2-4-7-22/h2-13,15-18,28-30,33-34,44-45H,14,19H2,1H3,(H,49,50)/t28-,29+,30-,33-,34-,40+/m0/s1. The second kappa shape index (κ2) is 11.7. The number of imide groups is 2. The number of aryl methyl sites for hydroxylation is 1. The van der Waals surface area contributed by atoms with Gasteiger partial charge in [-0.3, -0.25) is 19.2 Å². The zero-order valence-corrected chi connectivity index (χ0v) is 27.9. The maximum atomic E-state index is 15.3. The molecule has 51 heavy (non-hydrogen) atoms. The first-order valence-corrected chi connectivity index (χ1v) is 17.0. The van der Waals surface area contributed by atoms with Crippen molar-refractivity contribution in [3.05, 3.63) is 130 Å². The van der Waals surface area contributed by atoms with Gasteiger partial charge in [-0.1, -0.05) is 71.8 Å². The van der Waals surface area contributed by atoms with Crippen molar-refractivity contribution >= 4 is 52.6 Å². The van der Waals surface area contributed by atoms with E-state index in [0.29, 0.717) is 27.4 Å². The van der Waals surface area contributed by atoms with Crippen molar-refractivity contribution in [2.45, 2.75) is 31.1 Å². The Morgan fingerprint density at radius 2 is 1.53 bits per heavy atom. The lowest BCUT2D eigenvalue weighted by molar-refractivity contribution is -0.127. The molecule has 2 aliphatic heterocycles. The Bertz CT molecular complexity index is 2230. The minimum Gasteiger partial charge on any atom is -0.508 e. The first kappa shape index (κ1) is 32.5. The number of halogens is 1. The number of phenolic OH excluding ortho intramolecular Hbond substituents is 1. The first-order chi connectivity index (χ1) is 24.4. The Morgan fingerprint density at radius 1 is 0.784 bits per heavy atom. The van der Waals surface area contributed by atoms with E-state index in [1.54, 1.807) is 49.4 Å². The second-order valence-corrected chi connectivity index (χ2v) is 14.1. The first-order valence-electron chi connectivity index (χ1n) is 16.6. The van der Waals surface area contributed by atoms with Crippen molar-refractivity contribution in [1.29, 1.82) is 0 Å². The third kappa shape index (κ3) is 4.59. The summed E-state index contributed by atoms with van der Waals surface area (Å²) >= 11 is 6.37. The van der Waals surface area contributed by atoms with Crippen LogP contribution < -0.4 is 9.80 Å². The number of phenols is 2. The maximum Gasteiger partial charge on any atom is 0.339 e. The number of fused-ring (bicyclic) bond motifs is 4. The second-order valence-electron chi connectivity index (χ2n) is 13.7. The zero-order chi connectivity index (χ0) is 35.9. The summed E-state index contributed by atoms with van der Waals surface area (Å²) in [7, 11) is 0. The average Bonchev–Trinajstić information content (AvgIpc) is 3.50. The van der Waals surface area contributed by atoms with E-state index >= 15 is 4.79 Å². The molecule has 0 bridgehead atoms. The van der Waals surface area contributed by atoms with Gasteiger partial charge in [-0.2, -0.15) is 0 Å². The number of aromatic hydroxyl groups is 2. The van der Waals surface area contributed by atoms with Crippen LogP contribution in [0.15, 0.2) is 103 Å². The van der Waals surface area contributed by atoms with Crippen LogP contribution in [-0.4, -0.2) is 44.9 Å². The number of anilines is 2.